The second-order valence-electron chi connectivity index (χ2n) is 7.50. The first-order valence-electron chi connectivity index (χ1n) is 9.96. The number of para-hydroxylation sites is 4. The van der Waals surface area contributed by atoms with Crippen molar-refractivity contribution in [2.24, 2.45) is 0 Å². The Morgan fingerprint density at radius 1 is 0.839 bits per heavy atom. The third-order valence-electron chi connectivity index (χ3n) is 5.36. The molecule has 1 atom stereocenters. The van der Waals surface area contributed by atoms with Gasteiger partial charge < -0.3 is 0 Å². The molecule has 0 radical (unpaired) electrons. The van der Waals surface area contributed by atoms with E-state index in [4.69, 9.17) is 18.1 Å². The molecular weight excluding hydrogens is 415 g/mol. The van der Waals surface area contributed by atoms with Gasteiger partial charge in [-0.1, -0.05) is 0 Å². The van der Waals surface area contributed by atoms with Gasteiger partial charge in [0, 0.05) is 0 Å². The zero-order valence-electron chi connectivity index (χ0n) is 16.4. The number of nitrogens with one attached hydrogen (secondary N) is 2. The predicted molar refractivity (Wildman–Crippen MR) is 117 cm³/mol. The summed E-state index contributed by atoms with van der Waals surface area (Å²) in [7, 11) is -4.50. The van der Waals surface area contributed by atoms with Crippen molar-refractivity contribution in [3.8, 4) is 17.2 Å². The average Bonchev–Trinajstić information content (AvgIpc) is 3.41. The molecule has 4 aromatic rings. The van der Waals surface area contributed by atoms with Gasteiger partial charge in [0.05, 0.1) is 0 Å². The first-order valence-corrected chi connectivity index (χ1v) is 11.9. The molecule has 2 aliphatic heterocycles. The molecule has 1 aromatic heterocycles. The van der Waals surface area contributed by atoms with Gasteiger partial charge in [-0.05, 0) is 0 Å². The molecule has 7 nitrogen and oxygen atoms in total. The quantitative estimate of drug-likeness (QED) is 0.445. The van der Waals surface area contributed by atoms with Crippen LogP contribution in [-0.2, 0) is 15.7 Å². The Bertz CT molecular complexity index is 1280. The summed E-state index contributed by atoms with van der Waals surface area (Å²) in [4.78, 5) is 16.3. The van der Waals surface area contributed by atoms with Gasteiger partial charge in [-0.2, -0.15) is 0 Å². The first kappa shape index (κ1) is 18.2. The third kappa shape index (κ3) is 2.93. The molecule has 0 bridgehead atoms. The number of rotatable bonds is 4. The van der Waals surface area contributed by atoms with Crippen LogP contribution < -0.4 is 18.7 Å². The molecule has 0 amide bonds. The molecule has 156 valence electrons. The molecule has 3 heterocycles. The summed E-state index contributed by atoms with van der Waals surface area (Å²) in [5, 5.41) is 4.26. The number of carbonyl (C=O) groups is 1. The van der Waals surface area contributed by atoms with Crippen LogP contribution in [-0.4, -0.2) is 17.0 Å². The fourth-order valence-electron chi connectivity index (χ4n) is 4.00. The maximum atomic E-state index is 13.0. The standard InChI is InChI=1S/C23H19N2O5P/c26-23-20(14-16-15-24-19-11-5-4-10-18(16)19)25-31(30-23,27-17-8-2-1-3-9-17)28-21-12-6-7-13-22(21)29-31/h1-13,15,20,24-25H,14H2. The van der Waals surface area contributed by atoms with E-state index >= 15 is 0 Å². The van der Waals surface area contributed by atoms with Crippen LogP contribution in [0.2, 0.25) is 0 Å². The molecule has 8 heteroatoms. The Kier molecular flexibility index (Phi) is 3.81. The average molecular weight is 434 g/mol. The maximum absolute atomic E-state index is 13.0. The predicted octanol–water partition coefficient (Wildman–Crippen LogP) is 4.90. The van der Waals surface area contributed by atoms with E-state index in [2.05, 4.69) is 10.1 Å². The van der Waals surface area contributed by atoms with Gasteiger partial charge in [-0.3, -0.25) is 0 Å². The van der Waals surface area contributed by atoms with Crippen molar-refractivity contribution in [1.29, 1.82) is 0 Å². The van der Waals surface area contributed by atoms with Crippen LogP contribution in [0.4, 0.5) is 0 Å². The minimum absolute atomic E-state index is 0.391. The number of carbonyl (C=O) groups excluding carboxylic acids is 1. The molecule has 2 aliphatic rings. The number of aromatic nitrogens is 1. The van der Waals surface area contributed by atoms with Crippen LogP contribution in [0, 0.1) is 0 Å². The van der Waals surface area contributed by atoms with Crippen molar-refractivity contribution in [1.82, 2.24) is 10.1 Å². The van der Waals surface area contributed by atoms with Crippen molar-refractivity contribution in [3.63, 3.8) is 0 Å². The number of fused-ring (bicyclic) bond motifs is 2. The summed E-state index contributed by atoms with van der Waals surface area (Å²) >= 11 is 0. The summed E-state index contributed by atoms with van der Waals surface area (Å²) in [6, 6.07) is 23.5. The summed E-state index contributed by atoms with van der Waals surface area (Å²) in [6.45, 7) is 0. The normalized spacial score (nSPS) is 21.5. The molecule has 0 aliphatic carbocycles. The fraction of sp³-hybridized carbons (Fsp3) is 0.0870. The monoisotopic (exact) mass is 434 g/mol. The number of hydrogen-bond donors (Lipinski definition) is 2. The number of benzene rings is 3. The molecule has 2 N–H and O–H groups in total. The SMILES string of the molecule is O=C1OP2(Oc3ccccc3)(NC1Cc1c[nH]c3ccccc13)Oc1ccccc1O2. The molecule has 0 saturated carbocycles. The molecule has 1 saturated heterocycles. The zero-order chi connectivity index (χ0) is 20.9. The van der Waals surface area contributed by atoms with Gasteiger partial charge in [0.1, 0.15) is 0 Å². The summed E-state index contributed by atoms with van der Waals surface area (Å²) in [5.41, 5.74) is 1.99. The number of H-pyrrole nitrogens is 1. The zero-order valence-corrected chi connectivity index (χ0v) is 17.3. The van der Waals surface area contributed by atoms with Gasteiger partial charge in [-0.15, -0.1) is 0 Å². The van der Waals surface area contributed by atoms with Gasteiger partial charge in [0.2, 0.25) is 0 Å². The van der Waals surface area contributed by atoms with E-state index in [1.807, 2.05) is 60.8 Å². The second kappa shape index (κ2) is 6.48. The number of hydrogen-bond acceptors (Lipinski definition) is 6. The van der Waals surface area contributed by atoms with E-state index in [-0.39, 0.29) is 0 Å². The van der Waals surface area contributed by atoms with Crippen molar-refractivity contribution < 1.29 is 22.9 Å². The van der Waals surface area contributed by atoms with E-state index in [9.17, 15) is 4.79 Å². The first-order chi connectivity index (χ1) is 15.1. The fourth-order valence-corrected chi connectivity index (χ4v) is 7.04. The van der Waals surface area contributed by atoms with E-state index in [0.29, 0.717) is 23.7 Å². The summed E-state index contributed by atoms with van der Waals surface area (Å²) in [6.07, 6.45) is 2.29. The van der Waals surface area contributed by atoms with Gasteiger partial charge in [-0.25, -0.2) is 0 Å². The Labute approximate surface area is 178 Å². The summed E-state index contributed by atoms with van der Waals surface area (Å²) in [5.74, 6) is 0.918. The molecule has 3 aromatic carbocycles. The van der Waals surface area contributed by atoms with Crippen LogP contribution in [0.1, 0.15) is 5.56 Å². The molecule has 6 rings (SSSR count). The second-order valence-corrected chi connectivity index (χ2v) is 10.1. The van der Waals surface area contributed by atoms with Crippen LogP contribution in [0.5, 0.6) is 17.2 Å². The summed E-state index contributed by atoms with van der Waals surface area (Å²) < 4.78 is 24.4. The van der Waals surface area contributed by atoms with Gasteiger partial charge >= 0.3 is 178 Å². The third-order valence-corrected chi connectivity index (χ3v) is 8.14. The van der Waals surface area contributed by atoms with Crippen molar-refractivity contribution in [2.75, 3.05) is 0 Å². The van der Waals surface area contributed by atoms with Crippen LogP contribution >= 0.6 is 7.66 Å². The Morgan fingerprint density at radius 3 is 2.29 bits per heavy atom. The van der Waals surface area contributed by atoms with Crippen molar-refractivity contribution in [2.45, 2.75) is 12.5 Å². The molecule has 1 fully saturated rings. The minimum atomic E-state index is -4.50. The van der Waals surface area contributed by atoms with Gasteiger partial charge in [0.15, 0.2) is 0 Å². The van der Waals surface area contributed by atoms with E-state index < -0.39 is 19.7 Å². The van der Waals surface area contributed by atoms with E-state index in [1.165, 1.54) is 0 Å². The molecule has 31 heavy (non-hydrogen) atoms. The van der Waals surface area contributed by atoms with E-state index in [0.717, 1.165) is 16.5 Å². The molecule has 1 unspecified atom stereocenters. The van der Waals surface area contributed by atoms with Crippen LogP contribution in [0.15, 0.2) is 85.1 Å². The van der Waals surface area contributed by atoms with Crippen molar-refractivity contribution >= 4 is 24.5 Å². The Balaban J connectivity index is 1.38. The van der Waals surface area contributed by atoms with Crippen LogP contribution in [0.3, 0.4) is 0 Å². The Hall–Kier alpha value is -3.54. The topological polar surface area (TPSA) is 81.8 Å². The number of aromatic amines is 1. The van der Waals surface area contributed by atoms with Crippen molar-refractivity contribution in [3.05, 3.63) is 90.6 Å². The Morgan fingerprint density at radius 2 is 1.52 bits per heavy atom. The van der Waals surface area contributed by atoms with Crippen LogP contribution in [0.25, 0.3) is 10.9 Å². The van der Waals surface area contributed by atoms with Gasteiger partial charge in [0.25, 0.3) is 0 Å². The molecular formula is C23H19N2O5P. The molecule has 1 spiro atoms. The van der Waals surface area contributed by atoms with E-state index in [1.54, 1.807) is 24.3 Å².